The second kappa shape index (κ2) is 4.17. The van der Waals surface area contributed by atoms with Gasteiger partial charge in [-0.3, -0.25) is 0 Å². The molecule has 0 fully saturated rings. The monoisotopic (exact) mass is 201 g/mol. The van der Waals surface area contributed by atoms with E-state index in [0.717, 1.165) is 12.4 Å². The first-order valence-corrected chi connectivity index (χ1v) is 5.00. The van der Waals surface area contributed by atoms with E-state index < -0.39 is 0 Å². The molecule has 78 valence electrons. The van der Waals surface area contributed by atoms with Crippen LogP contribution in [-0.4, -0.2) is 16.6 Å². The molecule has 0 spiro atoms. The number of hydrogen-bond acceptors (Lipinski definition) is 2. The fraction of sp³-hybridized carbons (Fsp3) is 0.250. The summed E-state index contributed by atoms with van der Waals surface area (Å²) in [5.41, 5.74) is 1.21. The van der Waals surface area contributed by atoms with E-state index in [1.807, 2.05) is 42.2 Å². The molecule has 3 heteroatoms. The van der Waals surface area contributed by atoms with E-state index in [0.29, 0.717) is 0 Å². The summed E-state index contributed by atoms with van der Waals surface area (Å²) in [5.74, 6) is 1.07. The molecule has 1 heterocycles. The molecule has 3 nitrogen and oxygen atoms in total. The average molecular weight is 201 g/mol. The van der Waals surface area contributed by atoms with E-state index in [4.69, 9.17) is 0 Å². The number of rotatable bonds is 3. The summed E-state index contributed by atoms with van der Waals surface area (Å²) in [6.45, 7) is 0.827. The normalized spacial score (nSPS) is 10.3. The molecule has 2 rings (SSSR count). The smallest absolute Gasteiger partial charge is 0.127 e. The molecule has 0 saturated carbocycles. The predicted octanol–water partition coefficient (Wildman–Crippen LogP) is 2.06. The standard InChI is InChI=1S/C12H15N3/c1-14-9-8-13-12(14)10-15(2)11-6-4-3-5-7-11/h3-9H,10H2,1-2H3. The minimum atomic E-state index is 0.827. The Labute approximate surface area is 90.0 Å². The highest BCUT2D eigenvalue weighted by Gasteiger charge is 2.04. The maximum Gasteiger partial charge on any atom is 0.127 e. The summed E-state index contributed by atoms with van der Waals surface area (Å²) in [4.78, 5) is 6.49. The number of imidazole rings is 1. The molecule has 0 radical (unpaired) electrons. The van der Waals surface area contributed by atoms with Gasteiger partial charge in [-0.25, -0.2) is 4.98 Å². The topological polar surface area (TPSA) is 21.1 Å². The van der Waals surface area contributed by atoms with Gasteiger partial charge in [0.15, 0.2) is 0 Å². The largest absolute Gasteiger partial charge is 0.367 e. The highest BCUT2D eigenvalue weighted by atomic mass is 15.2. The van der Waals surface area contributed by atoms with Gasteiger partial charge in [0.2, 0.25) is 0 Å². The second-order valence-corrected chi connectivity index (χ2v) is 3.65. The first-order chi connectivity index (χ1) is 7.27. The Balaban J connectivity index is 2.11. The fourth-order valence-electron chi connectivity index (χ4n) is 1.53. The van der Waals surface area contributed by atoms with E-state index in [9.17, 15) is 0 Å². The molecule has 15 heavy (non-hydrogen) atoms. The van der Waals surface area contributed by atoms with Crippen LogP contribution in [0.2, 0.25) is 0 Å². The number of para-hydroxylation sites is 1. The van der Waals surface area contributed by atoms with Gasteiger partial charge in [0, 0.05) is 32.2 Å². The average Bonchev–Trinajstić information content (AvgIpc) is 2.66. The SMILES string of the molecule is CN(Cc1nccn1C)c1ccccc1. The van der Waals surface area contributed by atoms with Gasteiger partial charge in [-0.15, -0.1) is 0 Å². The van der Waals surface area contributed by atoms with Crippen molar-refractivity contribution in [3.8, 4) is 0 Å². The zero-order valence-corrected chi connectivity index (χ0v) is 9.09. The first kappa shape index (κ1) is 9.77. The van der Waals surface area contributed by atoms with Crippen molar-refractivity contribution >= 4 is 5.69 Å². The van der Waals surface area contributed by atoms with Gasteiger partial charge in [-0.2, -0.15) is 0 Å². The van der Waals surface area contributed by atoms with Crippen LogP contribution in [0.15, 0.2) is 42.7 Å². The number of hydrogen-bond donors (Lipinski definition) is 0. The summed E-state index contributed by atoms with van der Waals surface area (Å²) < 4.78 is 2.04. The van der Waals surface area contributed by atoms with Gasteiger partial charge >= 0.3 is 0 Å². The van der Waals surface area contributed by atoms with Crippen molar-refractivity contribution in [3.05, 3.63) is 48.5 Å². The highest BCUT2D eigenvalue weighted by Crippen LogP contribution is 2.13. The Morgan fingerprint density at radius 1 is 1.27 bits per heavy atom. The fourth-order valence-corrected chi connectivity index (χ4v) is 1.53. The van der Waals surface area contributed by atoms with Crippen LogP contribution >= 0.6 is 0 Å². The quantitative estimate of drug-likeness (QED) is 0.758. The number of anilines is 1. The Morgan fingerprint density at radius 2 is 2.00 bits per heavy atom. The van der Waals surface area contributed by atoms with Crippen molar-refractivity contribution < 1.29 is 0 Å². The molecule has 0 atom stereocenters. The predicted molar refractivity (Wildman–Crippen MR) is 61.8 cm³/mol. The van der Waals surface area contributed by atoms with Crippen molar-refractivity contribution in [2.24, 2.45) is 7.05 Å². The van der Waals surface area contributed by atoms with Crippen LogP contribution in [0.4, 0.5) is 5.69 Å². The molecule has 0 N–H and O–H groups in total. The Hall–Kier alpha value is -1.77. The second-order valence-electron chi connectivity index (χ2n) is 3.65. The van der Waals surface area contributed by atoms with Gasteiger partial charge in [0.05, 0.1) is 6.54 Å². The van der Waals surface area contributed by atoms with Crippen molar-refractivity contribution in [3.63, 3.8) is 0 Å². The third-order valence-electron chi connectivity index (χ3n) is 2.50. The summed E-state index contributed by atoms with van der Waals surface area (Å²) in [7, 11) is 4.09. The summed E-state index contributed by atoms with van der Waals surface area (Å²) in [5, 5.41) is 0. The summed E-state index contributed by atoms with van der Waals surface area (Å²) >= 11 is 0. The molecule has 0 aliphatic rings. The number of nitrogens with zero attached hydrogens (tertiary/aromatic N) is 3. The molecule has 0 aliphatic heterocycles. The Kier molecular flexibility index (Phi) is 2.72. The van der Waals surface area contributed by atoms with E-state index in [-0.39, 0.29) is 0 Å². The number of benzene rings is 1. The number of aromatic nitrogens is 2. The van der Waals surface area contributed by atoms with Crippen molar-refractivity contribution in [1.29, 1.82) is 0 Å². The van der Waals surface area contributed by atoms with Crippen LogP contribution in [0.25, 0.3) is 0 Å². The van der Waals surface area contributed by atoms with Crippen molar-refractivity contribution in [2.75, 3.05) is 11.9 Å². The van der Waals surface area contributed by atoms with Crippen molar-refractivity contribution in [1.82, 2.24) is 9.55 Å². The van der Waals surface area contributed by atoms with Crippen LogP contribution in [0, 0.1) is 0 Å². The molecule has 1 aromatic carbocycles. The van der Waals surface area contributed by atoms with E-state index in [1.54, 1.807) is 0 Å². The van der Waals surface area contributed by atoms with Crippen LogP contribution in [0.1, 0.15) is 5.82 Å². The molecule has 0 bridgehead atoms. The molecule has 0 amide bonds. The van der Waals surface area contributed by atoms with Gasteiger partial charge in [0.1, 0.15) is 5.82 Å². The molecule has 2 aromatic rings. The third kappa shape index (κ3) is 2.18. The lowest BCUT2D eigenvalue weighted by Gasteiger charge is -2.18. The lowest BCUT2D eigenvalue weighted by molar-refractivity contribution is 0.762. The highest BCUT2D eigenvalue weighted by molar-refractivity contribution is 5.44. The molecule has 0 unspecified atom stereocenters. The van der Waals surface area contributed by atoms with Gasteiger partial charge in [0.25, 0.3) is 0 Å². The van der Waals surface area contributed by atoms with Gasteiger partial charge in [-0.05, 0) is 12.1 Å². The maximum atomic E-state index is 4.30. The molecular formula is C12H15N3. The molecule has 0 saturated heterocycles. The maximum absolute atomic E-state index is 4.30. The molecular weight excluding hydrogens is 186 g/mol. The number of aryl methyl sites for hydroxylation is 1. The van der Waals surface area contributed by atoms with Gasteiger partial charge in [-0.1, -0.05) is 18.2 Å². The Morgan fingerprint density at radius 3 is 2.60 bits per heavy atom. The lowest BCUT2D eigenvalue weighted by Crippen LogP contribution is -2.18. The van der Waals surface area contributed by atoms with Crippen LogP contribution in [0.3, 0.4) is 0 Å². The van der Waals surface area contributed by atoms with E-state index >= 15 is 0 Å². The summed E-state index contributed by atoms with van der Waals surface area (Å²) in [6, 6.07) is 10.3. The van der Waals surface area contributed by atoms with E-state index in [2.05, 4.69) is 29.1 Å². The molecule has 1 aromatic heterocycles. The minimum absolute atomic E-state index is 0.827. The van der Waals surface area contributed by atoms with Crippen LogP contribution in [-0.2, 0) is 13.6 Å². The first-order valence-electron chi connectivity index (χ1n) is 5.00. The minimum Gasteiger partial charge on any atom is -0.367 e. The van der Waals surface area contributed by atoms with Crippen LogP contribution < -0.4 is 4.90 Å². The van der Waals surface area contributed by atoms with E-state index in [1.165, 1.54) is 5.69 Å². The Bertz CT molecular complexity index is 419. The van der Waals surface area contributed by atoms with Crippen molar-refractivity contribution in [2.45, 2.75) is 6.54 Å². The zero-order valence-electron chi connectivity index (χ0n) is 9.09. The summed E-state index contributed by atoms with van der Waals surface area (Å²) in [6.07, 6.45) is 3.79. The molecule has 0 aliphatic carbocycles. The lowest BCUT2D eigenvalue weighted by atomic mass is 10.3. The third-order valence-corrected chi connectivity index (χ3v) is 2.50. The zero-order chi connectivity index (χ0) is 10.7. The van der Waals surface area contributed by atoms with Crippen LogP contribution in [0.5, 0.6) is 0 Å². The van der Waals surface area contributed by atoms with Gasteiger partial charge < -0.3 is 9.47 Å².